The van der Waals surface area contributed by atoms with Gasteiger partial charge in [0, 0.05) is 12.4 Å². The average molecular weight is 292 g/mol. The first kappa shape index (κ1) is 15.3. The Morgan fingerprint density at radius 1 is 1.38 bits per heavy atom. The normalized spacial score (nSPS) is 22.1. The Morgan fingerprint density at radius 3 is 2.62 bits per heavy atom. The van der Waals surface area contributed by atoms with E-state index in [4.69, 9.17) is 4.74 Å². The fraction of sp³-hybridized carbons (Fsp3) is 0.533. The smallest absolute Gasteiger partial charge is 0.411 e. The Bertz CT molecular complexity index is 524. The zero-order chi connectivity index (χ0) is 15.6. The van der Waals surface area contributed by atoms with Crippen molar-refractivity contribution < 1.29 is 19.4 Å². The van der Waals surface area contributed by atoms with Crippen molar-refractivity contribution in [3.63, 3.8) is 0 Å². The van der Waals surface area contributed by atoms with Gasteiger partial charge in [-0.3, -0.25) is 9.88 Å². The van der Waals surface area contributed by atoms with Gasteiger partial charge in [-0.2, -0.15) is 0 Å². The Kier molecular flexibility index (Phi) is 4.16. The van der Waals surface area contributed by atoms with Gasteiger partial charge in [0.1, 0.15) is 11.6 Å². The van der Waals surface area contributed by atoms with Crippen LogP contribution >= 0.6 is 0 Å². The summed E-state index contributed by atoms with van der Waals surface area (Å²) in [6.07, 6.45) is 3.70. The summed E-state index contributed by atoms with van der Waals surface area (Å²) in [6.45, 7) is 5.28. The van der Waals surface area contributed by atoms with Crippen LogP contribution in [0, 0.1) is 0 Å². The minimum Gasteiger partial charge on any atom is -0.480 e. The molecule has 2 rings (SSSR count). The maximum Gasteiger partial charge on any atom is 0.411 e. The number of aliphatic carboxylic acids is 1. The highest BCUT2D eigenvalue weighted by atomic mass is 16.6. The highest BCUT2D eigenvalue weighted by molar-refractivity contribution is 5.81. The third-order valence-electron chi connectivity index (χ3n) is 3.34. The van der Waals surface area contributed by atoms with Gasteiger partial charge in [0.2, 0.25) is 0 Å². The first-order chi connectivity index (χ1) is 9.79. The Balaban J connectivity index is 2.29. The molecular weight excluding hydrogens is 272 g/mol. The summed E-state index contributed by atoms with van der Waals surface area (Å²) in [6, 6.07) is 2.45. The molecule has 1 saturated heterocycles. The largest absolute Gasteiger partial charge is 0.480 e. The number of hydrogen-bond acceptors (Lipinski definition) is 4. The molecule has 0 spiro atoms. The van der Waals surface area contributed by atoms with Crippen LogP contribution in [0.15, 0.2) is 24.5 Å². The van der Waals surface area contributed by atoms with Crippen molar-refractivity contribution in [1.82, 2.24) is 9.88 Å². The number of carbonyl (C=O) groups is 2. The van der Waals surface area contributed by atoms with Crippen molar-refractivity contribution in [2.75, 3.05) is 0 Å². The Hall–Kier alpha value is -2.11. The second-order valence-corrected chi connectivity index (χ2v) is 6.12. The Morgan fingerprint density at radius 2 is 2.10 bits per heavy atom. The molecule has 0 aromatic carbocycles. The molecule has 1 aromatic heterocycles. The van der Waals surface area contributed by atoms with Crippen LogP contribution in [0.25, 0.3) is 0 Å². The minimum absolute atomic E-state index is 0.311. The van der Waals surface area contributed by atoms with E-state index in [1.807, 2.05) is 6.07 Å². The summed E-state index contributed by atoms with van der Waals surface area (Å²) in [5.74, 6) is -1.01. The lowest BCUT2D eigenvalue weighted by Crippen LogP contribution is -2.44. The number of rotatable bonds is 2. The number of pyridine rings is 1. The second-order valence-electron chi connectivity index (χ2n) is 6.12. The molecule has 1 N–H and O–H groups in total. The number of carboxylic acid groups (broad SMARTS) is 1. The fourth-order valence-corrected chi connectivity index (χ4v) is 2.52. The lowest BCUT2D eigenvalue weighted by molar-refractivity contribution is -0.142. The second kappa shape index (κ2) is 5.71. The molecule has 1 fully saturated rings. The van der Waals surface area contributed by atoms with Crippen LogP contribution in [0.4, 0.5) is 4.79 Å². The van der Waals surface area contributed by atoms with Crippen molar-refractivity contribution in [3.8, 4) is 0 Å². The summed E-state index contributed by atoms with van der Waals surface area (Å²) < 4.78 is 5.36. The molecule has 0 saturated carbocycles. The standard InChI is InChI=1S/C15H20N2O4/c1-15(2,3)21-14(20)17-11(6-7-12(17)13(18)19)10-5-4-8-16-9-10/h4-5,8-9,11-12H,6-7H2,1-3H3,(H,18,19)/t11-,12+/m0/s1. The van der Waals surface area contributed by atoms with E-state index in [0.29, 0.717) is 12.8 Å². The van der Waals surface area contributed by atoms with Gasteiger partial charge in [-0.1, -0.05) is 6.07 Å². The summed E-state index contributed by atoms with van der Waals surface area (Å²) in [7, 11) is 0. The molecule has 2 heterocycles. The van der Waals surface area contributed by atoms with E-state index >= 15 is 0 Å². The predicted molar refractivity (Wildman–Crippen MR) is 75.7 cm³/mol. The number of likely N-dealkylation sites (tertiary alicyclic amines) is 1. The molecule has 1 aromatic rings. The van der Waals surface area contributed by atoms with E-state index < -0.39 is 23.7 Å². The maximum absolute atomic E-state index is 12.4. The van der Waals surface area contributed by atoms with Crippen molar-refractivity contribution in [2.45, 2.75) is 51.3 Å². The van der Waals surface area contributed by atoms with Gasteiger partial charge in [-0.25, -0.2) is 9.59 Å². The molecule has 6 heteroatoms. The molecule has 1 amide bonds. The lowest BCUT2D eigenvalue weighted by atomic mass is 10.1. The van der Waals surface area contributed by atoms with Crippen molar-refractivity contribution in [3.05, 3.63) is 30.1 Å². The summed E-state index contributed by atoms with van der Waals surface area (Å²) in [4.78, 5) is 29.1. The zero-order valence-corrected chi connectivity index (χ0v) is 12.4. The topological polar surface area (TPSA) is 79.7 Å². The molecule has 21 heavy (non-hydrogen) atoms. The molecule has 114 valence electrons. The molecule has 0 radical (unpaired) electrons. The van der Waals surface area contributed by atoms with E-state index in [-0.39, 0.29) is 6.04 Å². The van der Waals surface area contributed by atoms with E-state index in [1.54, 1.807) is 39.2 Å². The first-order valence-electron chi connectivity index (χ1n) is 6.93. The number of aromatic nitrogens is 1. The van der Waals surface area contributed by atoms with Crippen LogP contribution in [0.2, 0.25) is 0 Å². The Labute approximate surface area is 123 Å². The highest BCUT2D eigenvalue weighted by Crippen LogP contribution is 2.37. The lowest BCUT2D eigenvalue weighted by Gasteiger charge is -2.31. The molecule has 1 aliphatic heterocycles. The van der Waals surface area contributed by atoms with Gasteiger partial charge >= 0.3 is 12.1 Å². The third kappa shape index (κ3) is 3.51. The molecule has 6 nitrogen and oxygen atoms in total. The fourth-order valence-electron chi connectivity index (χ4n) is 2.52. The van der Waals surface area contributed by atoms with Gasteiger partial charge in [0.15, 0.2) is 0 Å². The number of nitrogens with zero attached hydrogens (tertiary/aromatic N) is 2. The van der Waals surface area contributed by atoms with Crippen LogP contribution in [0.3, 0.4) is 0 Å². The molecule has 0 bridgehead atoms. The number of ether oxygens (including phenoxy) is 1. The number of hydrogen-bond donors (Lipinski definition) is 1. The number of amides is 1. The zero-order valence-electron chi connectivity index (χ0n) is 12.4. The number of carbonyl (C=O) groups excluding carboxylic acids is 1. The monoisotopic (exact) mass is 292 g/mol. The van der Waals surface area contributed by atoms with Crippen LogP contribution in [-0.2, 0) is 9.53 Å². The third-order valence-corrected chi connectivity index (χ3v) is 3.34. The average Bonchev–Trinajstić information content (AvgIpc) is 2.82. The molecule has 0 unspecified atom stereocenters. The predicted octanol–water partition coefficient (Wildman–Crippen LogP) is 2.61. The maximum atomic E-state index is 12.4. The molecule has 0 aliphatic carbocycles. The molecule has 1 aliphatic rings. The van der Waals surface area contributed by atoms with Crippen LogP contribution in [0.5, 0.6) is 0 Å². The van der Waals surface area contributed by atoms with Gasteiger partial charge < -0.3 is 9.84 Å². The summed E-state index contributed by atoms with van der Waals surface area (Å²) in [5.41, 5.74) is 0.162. The quantitative estimate of drug-likeness (QED) is 0.906. The van der Waals surface area contributed by atoms with Crippen LogP contribution < -0.4 is 0 Å². The van der Waals surface area contributed by atoms with Crippen molar-refractivity contribution >= 4 is 12.1 Å². The highest BCUT2D eigenvalue weighted by Gasteiger charge is 2.43. The summed E-state index contributed by atoms with van der Waals surface area (Å²) in [5, 5.41) is 9.33. The summed E-state index contributed by atoms with van der Waals surface area (Å²) >= 11 is 0. The van der Waals surface area contributed by atoms with Crippen LogP contribution in [-0.4, -0.2) is 38.7 Å². The van der Waals surface area contributed by atoms with E-state index in [9.17, 15) is 14.7 Å². The number of carboxylic acids is 1. The van der Waals surface area contributed by atoms with E-state index in [1.165, 1.54) is 4.90 Å². The van der Waals surface area contributed by atoms with E-state index in [2.05, 4.69) is 4.98 Å². The van der Waals surface area contributed by atoms with Crippen molar-refractivity contribution in [2.24, 2.45) is 0 Å². The van der Waals surface area contributed by atoms with Gasteiger partial charge in [0.25, 0.3) is 0 Å². The van der Waals surface area contributed by atoms with E-state index in [0.717, 1.165) is 5.56 Å². The van der Waals surface area contributed by atoms with Gasteiger partial charge in [-0.15, -0.1) is 0 Å². The molecule has 2 atom stereocenters. The molecular formula is C15H20N2O4. The van der Waals surface area contributed by atoms with Gasteiger partial charge in [-0.05, 0) is 45.2 Å². The van der Waals surface area contributed by atoms with Crippen LogP contribution in [0.1, 0.15) is 45.2 Å². The SMILES string of the molecule is CC(C)(C)OC(=O)N1[C@@H](C(=O)O)CC[C@H]1c1cccnc1. The first-order valence-corrected chi connectivity index (χ1v) is 6.93. The van der Waals surface area contributed by atoms with Crippen molar-refractivity contribution in [1.29, 1.82) is 0 Å². The van der Waals surface area contributed by atoms with Gasteiger partial charge in [0.05, 0.1) is 6.04 Å². The minimum atomic E-state index is -1.01.